The quantitative estimate of drug-likeness (QED) is 0.0760. The Kier molecular flexibility index (Phi) is 23.1. The first kappa shape index (κ1) is 33.4. The first-order valence-electron chi connectivity index (χ1n) is 13.3. The van der Waals surface area contributed by atoms with Gasteiger partial charge >= 0.3 is 7.82 Å². The van der Waals surface area contributed by atoms with Crippen molar-refractivity contribution < 1.29 is 27.7 Å². The van der Waals surface area contributed by atoms with E-state index in [0.717, 1.165) is 37.6 Å². The van der Waals surface area contributed by atoms with Crippen LogP contribution in [0.2, 0.25) is 0 Å². The number of unbranched alkanes of at least 4 members (excludes halogenated alkanes) is 11. The van der Waals surface area contributed by atoms with E-state index in [0.29, 0.717) is 11.0 Å². The average Bonchev–Trinajstić information content (AvgIpc) is 2.73. The van der Waals surface area contributed by atoms with Crippen molar-refractivity contribution in [2.75, 3.05) is 65.6 Å². The number of likely N-dealkylation sites (N-methyl/N-ethyl adjacent to an activating group) is 1. The summed E-state index contributed by atoms with van der Waals surface area (Å²) in [5, 5.41) is 0. The Labute approximate surface area is 209 Å². The lowest BCUT2D eigenvalue weighted by molar-refractivity contribution is -0.870. The van der Waals surface area contributed by atoms with Crippen LogP contribution in [-0.4, -0.2) is 75.0 Å². The van der Waals surface area contributed by atoms with E-state index in [1.165, 1.54) is 77.0 Å². The van der Waals surface area contributed by atoms with E-state index in [4.69, 9.17) is 13.8 Å². The van der Waals surface area contributed by atoms with Gasteiger partial charge in [0.1, 0.15) is 13.2 Å². The van der Waals surface area contributed by atoms with Crippen LogP contribution in [-0.2, 0) is 18.3 Å². The van der Waals surface area contributed by atoms with Crippen molar-refractivity contribution in [3.8, 4) is 0 Å². The molecule has 1 atom stereocenters. The minimum absolute atomic E-state index is 0.214. The van der Waals surface area contributed by atoms with Crippen molar-refractivity contribution in [2.24, 2.45) is 0 Å². The van der Waals surface area contributed by atoms with Gasteiger partial charge in [-0.15, -0.1) is 0 Å². The lowest BCUT2D eigenvalue weighted by Crippen LogP contribution is -2.37. The van der Waals surface area contributed by atoms with Gasteiger partial charge in [0, 0.05) is 13.2 Å². The SMILES string of the molecule is CCCCCCCCCCCCCCOCCCSCCCOP(=O)(O)OCC[N+](C)(C)C. The number of thioether (sulfide) groups is 1. The summed E-state index contributed by atoms with van der Waals surface area (Å²) in [6.45, 7) is 5.11. The fraction of sp³-hybridized carbons (Fsp3) is 1.00. The number of hydrogen-bond acceptors (Lipinski definition) is 5. The van der Waals surface area contributed by atoms with Crippen molar-refractivity contribution in [3.63, 3.8) is 0 Å². The predicted molar refractivity (Wildman–Crippen MR) is 143 cm³/mol. The number of rotatable bonds is 26. The van der Waals surface area contributed by atoms with Crippen LogP contribution in [0.5, 0.6) is 0 Å². The third-order valence-electron chi connectivity index (χ3n) is 5.42. The summed E-state index contributed by atoms with van der Waals surface area (Å²) < 4.78 is 28.2. The fourth-order valence-electron chi connectivity index (χ4n) is 3.32. The van der Waals surface area contributed by atoms with Gasteiger partial charge in [-0.1, -0.05) is 77.6 Å². The summed E-state index contributed by atoms with van der Waals surface area (Å²) in [6, 6.07) is 0. The maximum atomic E-state index is 11.8. The molecular formula is C25H55NO5PS+. The molecule has 1 N–H and O–H groups in total. The molecule has 0 radical (unpaired) electrons. The number of phosphoric acid groups is 1. The molecule has 6 nitrogen and oxygen atoms in total. The minimum Gasteiger partial charge on any atom is -0.381 e. The molecule has 0 aliphatic rings. The highest BCUT2D eigenvalue weighted by Gasteiger charge is 2.21. The molecule has 0 aliphatic heterocycles. The smallest absolute Gasteiger partial charge is 0.381 e. The summed E-state index contributed by atoms with van der Waals surface area (Å²) in [4.78, 5) is 9.65. The molecular weight excluding hydrogens is 457 g/mol. The largest absolute Gasteiger partial charge is 0.472 e. The van der Waals surface area contributed by atoms with Crippen LogP contribution in [0.15, 0.2) is 0 Å². The molecule has 0 aliphatic carbocycles. The predicted octanol–water partition coefficient (Wildman–Crippen LogP) is 7.06. The molecule has 0 spiro atoms. The average molecular weight is 513 g/mol. The van der Waals surface area contributed by atoms with Gasteiger partial charge in [-0.3, -0.25) is 9.05 Å². The van der Waals surface area contributed by atoms with Crippen molar-refractivity contribution in [1.82, 2.24) is 0 Å². The molecule has 0 rings (SSSR count). The Morgan fingerprint density at radius 1 is 0.667 bits per heavy atom. The molecule has 0 saturated carbocycles. The number of nitrogens with zero attached hydrogens (tertiary/aromatic N) is 1. The minimum atomic E-state index is -3.91. The van der Waals surface area contributed by atoms with Crippen LogP contribution >= 0.6 is 19.6 Å². The van der Waals surface area contributed by atoms with E-state index in [9.17, 15) is 9.46 Å². The fourth-order valence-corrected chi connectivity index (χ4v) is 4.92. The normalized spacial score (nSPS) is 14.0. The van der Waals surface area contributed by atoms with Crippen molar-refractivity contribution in [1.29, 1.82) is 0 Å². The van der Waals surface area contributed by atoms with Gasteiger partial charge in [-0.2, -0.15) is 11.8 Å². The highest BCUT2D eigenvalue weighted by atomic mass is 32.2. The first-order chi connectivity index (χ1) is 15.8. The van der Waals surface area contributed by atoms with E-state index in [1.807, 2.05) is 32.9 Å². The monoisotopic (exact) mass is 512 g/mol. The molecule has 33 heavy (non-hydrogen) atoms. The van der Waals surface area contributed by atoms with E-state index in [1.54, 1.807) is 0 Å². The Morgan fingerprint density at radius 2 is 1.12 bits per heavy atom. The third-order valence-corrected chi connectivity index (χ3v) is 7.60. The maximum Gasteiger partial charge on any atom is 0.472 e. The molecule has 0 amide bonds. The van der Waals surface area contributed by atoms with Crippen molar-refractivity contribution in [2.45, 2.75) is 96.8 Å². The van der Waals surface area contributed by atoms with Gasteiger partial charge in [0.05, 0.1) is 27.7 Å². The summed E-state index contributed by atoms with van der Waals surface area (Å²) in [5.74, 6) is 1.97. The summed E-state index contributed by atoms with van der Waals surface area (Å²) >= 11 is 1.84. The Bertz CT molecular complexity index is 463. The Hall–Kier alpha value is 0.380. The van der Waals surface area contributed by atoms with Crippen LogP contribution in [0, 0.1) is 0 Å². The second kappa shape index (κ2) is 22.8. The number of phosphoric ester groups is 1. The van der Waals surface area contributed by atoms with Crippen molar-refractivity contribution >= 4 is 19.6 Å². The summed E-state index contributed by atoms with van der Waals surface area (Å²) in [7, 11) is 2.11. The zero-order valence-electron chi connectivity index (χ0n) is 22.2. The molecule has 1 unspecified atom stereocenters. The van der Waals surface area contributed by atoms with Crippen LogP contribution < -0.4 is 0 Å². The Morgan fingerprint density at radius 3 is 1.67 bits per heavy atom. The van der Waals surface area contributed by atoms with E-state index < -0.39 is 7.82 Å². The van der Waals surface area contributed by atoms with E-state index >= 15 is 0 Å². The maximum absolute atomic E-state index is 11.8. The van der Waals surface area contributed by atoms with Gasteiger partial charge in [-0.25, -0.2) is 4.57 Å². The Balaban J connectivity index is 3.23. The first-order valence-corrected chi connectivity index (χ1v) is 16.0. The number of hydrogen-bond donors (Lipinski definition) is 1. The van der Waals surface area contributed by atoms with Crippen molar-refractivity contribution in [3.05, 3.63) is 0 Å². The van der Waals surface area contributed by atoms with Gasteiger partial charge in [-0.05, 0) is 30.8 Å². The number of quaternary nitrogens is 1. The zero-order chi connectivity index (χ0) is 24.7. The van der Waals surface area contributed by atoms with Crippen LogP contribution in [0.1, 0.15) is 96.8 Å². The van der Waals surface area contributed by atoms with Gasteiger partial charge in [0.2, 0.25) is 0 Å². The zero-order valence-corrected chi connectivity index (χ0v) is 23.9. The molecule has 0 saturated heterocycles. The molecule has 200 valence electrons. The second-order valence-electron chi connectivity index (χ2n) is 9.97. The molecule has 0 aromatic heterocycles. The standard InChI is InChI=1S/C25H54NO5PS/c1-5-6-7-8-9-10-11-12-13-14-15-16-20-29-21-17-24-33-25-18-22-30-32(27,28)31-23-19-26(2,3)4/h5-25H2,1-4H3/p+1. The summed E-state index contributed by atoms with van der Waals surface area (Å²) in [5.41, 5.74) is 0. The molecule has 0 fully saturated rings. The van der Waals surface area contributed by atoms with Crippen LogP contribution in [0.4, 0.5) is 0 Å². The van der Waals surface area contributed by atoms with E-state index in [2.05, 4.69) is 6.92 Å². The lowest BCUT2D eigenvalue weighted by atomic mass is 10.1. The molecule has 0 aromatic carbocycles. The highest BCUT2D eigenvalue weighted by Crippen LogP contribution is 2.43. The van der Waals surface area contributed by atoms with Gasteiger partial charge < -0.3 is 14.1 Å². The van der Waals surface area contributed by atoms with Crippen LogP contribution in [0.3, 0.4) is 0 Å². The van der Waals surface area contributed by atoms with E-state index in [-0.39, 0.29) is 13.2 Å². The topological polar surface area (TPSA) is 65.0 Å². The summed E-state index contributed by atoms with van der Waals surface area (Å²) in [6.07, 6.45) is 18.2. The van der Waals surface area contributed by atoms with Gasteiger partial charge in [0.15, 0.2) is 0 Å². The molecule has 0 aromatic rings. The lowest BCUT2D eigenvalue weighted by Gasteiger charge is -2.24. The van der Waals surface area contributed by atoms with Gasteiger partial charge in [0.25, 0.3) is 0 Å². The second-order valence-corrected chi connectivity index (χ2v) is 12.6. The molecule has 0 bridgehead atoms. The number of ether oxygens (including phenoxy) is 1. The molecule has 8 heteroatoms. The third kappa shape index (κ3) is 28.5. The van der Waals surface area contributed by atoms with Crippen LogP contribution in [0.25, 0.3) is 0 Å². The highest BCUT2D eigenvalue weighted by molar-refractivity contribution is 7.99. The molecule has 0 heterocycles.